The van der Waals surface area contributed by atoms with Crippen LogP contribution in [0.25, 0.3) is 0 Å². The van der Waals surface area contributed by atoms with Crippen molar-refractivity contribution in [3.05, 3.63) is 29.8 Å². The first-order chi connectivity index (χ1) is 7.69. The van der Waals surface area contributed by atoms with Crippen LogP contribution in [0.1, 0.15) is 32.4 Å². The van der Waals surface area contributed by atoms with E-state index in [1.165, 1.54) is 0 Å². The Labute approximate surface area is 98.0 Å². The van der Waals surface area contributed by atoms with Crippen LogP contribution < -0.4 is 15.8 Å². The van der Waals surface area contributed by atoms with Gasteiger partial charge in [-0.15, -0.1) is 0 Å². The lowest BCUT2D eigenvalue weighted by atomic mass is 10.0. The molecule has 0 aromatic heterocycles. The zero-order valence-electron chi connectivity index (χ0n) is 10.4. The Kier molecular flexibility index (Phi) is 5.29. The van der Waals surface area contributed by atoms with E-state index in [0.717, 1.165) is 11.3 Å². The van der Waals surface area contributed by atoms with Crippen LogP contribution in [0.3, 0.4) is 0 Å². The summed E-state index contributed by atoms with van der Waals surface area (Å²) >= 11 is 0. The summed E-state index contributed by atoms with van der Waals surface area (Å²) < 4.78 is 5.61. The highest BCUT2D eigenvalue weighted by Crippen LogP contribution is 2.24. The molecule has 16 heavy (non-hydrogen) atoms. The maximum absolute atomic E-state index is 5.80. The number of para-hydroxylation sites is 1. The smallest absolute Gasteiger partial charge is 0.124 e. The van der Waals surface area contributed by atoms with Crippen molar-refractivity contribution < 1.29 is 4.74 Å². The molecule has 0 aliphatic heterocycles. The highest BCUT2D eigenvalue weighted by molar-refractivity contribution is 5.36. The summed E-state index contributed by atoms with van der Waals surface area (Å²) in [5, 5.41) is 3.44. The van der Waals surface area contributed by atoms with Gasteiger partial charge in [-0.1, -0.05) is 32.0 Å². The second-order valence-corrected chi connectivity index (χ2v) is 4.08. The van der Waals surface area contributed by atoms with Gasteiger partial charge in [-0.05, 0) is 13.0 Å². The average Bonchev–Trinajstić information content (AvgIpc) is 2.27. The highest BCUT2D eigenvalue weighted by Gasteiger charge is 2.14. The van der Waals surface area contributed by atoms with Crippen molar-refractivity contribution in [2.75, 3.05) is 13.2 Å². The Hall–Kier alpha value is -1.06. The lowest BCUT2D eigenvalue weighted by molar-refractivity contribution is 0.330. The summed E-state index contributed by atoms with van der Waals surface area (Å²) in [4.78, 5) is 0. The molecule has 90 valence electrons. The molecule has 1 unspecified atom stereocenters. The van der Waals surface area contributed by atoms with Crippen LogP contribution >= 0.6 is 0 Å². The number of hydrogen-bond donors (Lipinski definition) is 2. The Morgan fingerprint density at radius 2 is 2.00 bits per heavy atom. The first kappa shape index (κ1) is 13.0. The molecule has 3 nitrogen and oxygen atoms in total. The Morgan fingerprint density at radius 1 is 1.31 bits per heavy atom. The molecule has 0 saturated carbocycles. The van der Waals surface area contributed by atoms with Gasteiger partial charge in [0.15, 0.2) is 0 Å². The maximum atomic E-state index is 5.80. The SMILES string of the molecule is CCOc1ccccc1C(CN)NC(C)C. The van der Waals surface area contributed by atoms with E-state index in [1.54, 1.807) is 0 Å². The monoisotopic (exact) mass is 222 g/mol. The van der Waals surface area contributed by atoms with E-state index in [1.807, 2.05) is 25.1 Å². The molecule has 1 rings (SSSR count). The van der Waals surface area contributed by atoms with E-state index in [2.05, 4.69) is 25.2 Å². The van der Waals surface area contributed by atoms with Crippen molar-refractivity contribution in [2.24, 2.45) is 5.73 Å². The largest absolute Gasteiger partial charge is 0.494 e. The van der Waals surface area contributed by atoms with Crippen LogP contribution in [0.15, 0.2) is 24.3 Å². The normalized spacial score (nSPS) is 12.8. The second kappa shape index (κ2) is 6.51. The fourth-order valence-electron chi connectivity index (χ4n) is 1.74. The van der Waals surface area contributed by atoms with E-state index in [9.17, 15) is 0 Å². The van der Waals surface area contributed by atoms with Crippen LogP contribution in [0.5, 0.6) is 5.75 Å². The molecule has 0 saturated heterocycles. The summed E-state index contributed by atoms with van der Waals surface area (Å²) in [6.07, 6.45) is 0. The summed E-state index contributed by atoms with van der Waals surface area (Å²) in [5.41, 5.74) is 6.94. The van der Waals surface area contributed by atoms with Crippen LogP contribution in [0.2, 0.25) is 0 Å². The van der Waals surface area contributed by atoms with E-state index in [-0.39, 0.29) is 6.04 Å². The van der Waals surface area contributed by atoms with E-state index in [0.29, 0.717) is 19.2 Å². The molecule has 0 spiro atoms. The topological polar surface area (TPSA) is 47.3 Å². The van der Waals surface area contributed by atoms with Gasteiger partial charge in [0, 0.05) is 24.2 Å². The molecule has 0 aliphatic rings. The molecule has 3 heteroatoms. The number of benzene rings is 1. The third kappa shape index (κ3) is 3.51. The Morgan fingerprint density at radius 3 is 2.56 bits per heavy atom. The van der Waals surface area contributed by atoms with Gasteiger partial charge in [0.25, 0.3) is 0 Å². The Bertz CT molecular complexity index is 313. The molecule has 3 N–H and O–H groups in total. The lowest BCUT2D eigenvalue weighted by Crippen LogP contribution is -2.33. The number of ether oxygens (including phenoxy) is 1. The third-order valence-electron chi connectivity index (χ3n) is 2.36. The molecule has 0 amide bonds. The molecule has 0 aliphatic carbocycles. The van der Waals surface area contributed by atoms with E-state index < -0.39 is 0 Å². The minimum Gasteiger partial charge on any atom is -0.494 e. The number of nitrogens with one attached hydrogen (secondary N) is 1. The molecule has 1 aromatic rings. The quantitative estimate of drug-likeness (QED) is 0.774. The van der Waals surface area contributed by atoms with E-state index in [4.69, 9.17) is 10.5 Å². The number of hydrogen-bond acceptors (Lipinski definition) is 3. The predicted octanol–water partition coefficient (Wildman–Crippen LogP) is 2.08. The van der Waals surface area contributed by atoms with Gasteiger partial charge < -0.3 is 15.8 Å². The summed E-state index contributed by atoms with van der Waals surface area (Å²) in [5.74, 6) is 0.925. The second-order valence-electron chi connectivity index (χ2n) is 4.08. The van der Waals surface area contributed by atoms with Crippen LogP contribution in [0.4, 0.5) is 0 Å². The van der Waals surface area contributed by atoms with Gasteiger partial charge in [-0.3, -0.25) is 0 Å². The van der Waals surface area contributed by atoms with Crippen LogP contribution in [-0.2, 0) is 0 Å². The van der Waals surface area contributed by atoms with Gasteiger partial charge in [-0.2, -0.15) is 0 Å². The van der Waals surface area contributed by atoms with Gasteiger partial charge in [-0.25, -0.2) is 0 Å². The minimum atomic E-state index is 0.155. The number of rotatable bonds is 6. The highest BCUT2D eigenvalue weighted by atomic mass is 16.5. The zero-order chi connectivity index (χ0) is 12.0. The van der Waals surface area contributed by atoms with Crippen molar-refractivity contribution in [1.82, 2.24) is 5.32 Å². The summed E-state index contributed by atoms with van der Waals surface area (Å²) in [7, 11) is 0. The standard InChI is InChI=1S/C13H22N2O/c1-4-16-13-8-6-5-7-11(13)12(9-14)15-10(2)3/h5-8,10,12,15H,4,9,14H2,1-3H3. The molecular formula is C13H22N2O. The van der Waals surface area contributed by atoms with Crippen molar-refractivity contribution in [1.29, 1.82) is 0 Å². The fraction of sp³-hybridized carbons (Fsp3) is 0.538. The molecule has 0 radical (unpaired) electrons. The zero-order valence-corrected chi connectivity index (χ0v) is 10.4. The van der Waals surface area contributed by atoms with Crippen LogP contribution in [0, 0.1) is 0 Å². The number of nitrogens with two attached hydrogens (primary N) is 1. The van der Waals surface area contributed by atoms with Crippen LogP contribution in [-0.4, -0.2) is 19.2 Å². The molecular weight excluding hydrogens is 200 g/mol. The summed E-state index contributed by atoms with van der Waals surface area (Å²) in [6.45, 7) is 7.47. The summed E-state index contributed by atoms with van der Waals surface area (Å²) in [6, 6.07) is 8.62. The first-order valence-electron chi connectivity index (χ1n) is 5.86. The Balaban J connectivity index is 2.89. The predicted molar refractivity (Wildman–Crippen MR) is 67.7 cm³/mol. The minimum absolute atomic E-state index is 0.155. The molecule has 0 bridgehead atoms. The van der Waals surface area contributed by atoms with Crippen molar-refractivity contribution >= 4 is 0 Å². The maximum Gasteiger partial charge on any atom is 0.124 e. The molecule has 0 fully saturated rings. The van der Waals surface area contributed by atoms with E-state index >= 15 is 0 Å². The molecule has 1 aromatic carbocycles. The fourth-order valence-corrected chi connectivity index (χ4v) is 1.74. The molecule has 1 atom stereocenters. The van der Waals surface area contributed by atoms with Crippen molar-refractivity contribution in [3.63, 3.8) is 0 Å². The average molecular weight is 222 g/mol. The van der Waals surface area contributed by atoms with Crippen molar-refractivity contribution in [2.45, 2.75) is 32.9 Å². The first-order valence-corrected chi connectivity index (χ1v) is 5.86. The van der Waals surface area contributed by atoms with Gasteiger partial charge >= 0.3 is 0 Å². The third-order valence-corrected chi connectivity index (χ3v) is 2.36. The van der Waals surface area contributed by atoms with Gasteiger partial charge in [0.2, 0.25) is 0 Å². The van der Waals surface area contributed by atoms with Gasteiger partial charge in [0.05, 0.1) is 6.61 Å². The van der Waals surface area contributed by atoms with Gasteiger partial charge in [0.1, 0.15) is 5.75 Å². The lowest BCUT2D eigenvalue weighted by Gasteiger charge is -2.22. The molecule has 0 heterocycles. The van der Waals surface area contributed by atoms with Crippen molar-refractivity contribution in [3.8, 4) is 5.75 Å².